The molecule has 1 aromatic carbocycles. The number of carbonyl (C=O) groups is 1. The molecule has 0 N–H and O–H groups in total. The van der Waals surface area contributed by atoms with Crippen LogP contribution in [0.1, 0.15) is 37.8 Å². The molecule has 0 atom stereocenters. The van der Waals surface area contributed by atoms with E-state index >= 15 is 0 Å². The smallest absolute Gasteiger partial charge is 0.228 e. The Morgan fingerprint density at radius 1 is 1.35 bits per heavy atom. The predicted molar refractivity (Wildman–Crippen MR) is 90.9 cm³/mol. The van der Waals surface area contributed by atoms with Gasteiger partial charge in [-0.2, -0.15) is 0 Å². The molecule has 1 amide bonds. The van der Waals surface area contributed by atoms with Gasteiger partial charge in [-0.05, 0) is 25.0 Å². The Hall–Kier alpha value is -1.75. The van der Waals surface area contributed by atoms with Gasteiger partial charge < -0.3 is 4.90 Å². The highest BCUT2D eigenvalue weighted by Gasteiger charge is 2.22. The van der Waals surface area contributed by atoms with E-state index in [0.29, 0.717) is 12.5 Å². The van der Waals surface area contributed by atoms with Gasteiger partial charge in [-0.15, -0.1) is 11.3 Å². The van der Waals surface area contributed by atoms with Crippen molar-refractivity contribution in [2.24, 2.45) is 0 Å². The Bertz CT molecular complexity index is 679. The fourth-order valence-electron chi connectivity index (χ4n) is 3.09. The van der Waals surface area contributed by atoms with Crippen molar-refractivity contribution in [1.29, 1.82) is 0 Å². The summed E-state index contributed by atoms with van der Waals surface area (Å²) in [5.74, 6) is -0.152. The molecule has 0 aliphatic heterocycles. The van der Waals surface area contributed by atoms with Crippen LogP contribution in [0.25, 0.3) is 10.6 Å². The van der Waals surface area contributed by atoms with E-state index in [-0.39, 0.29) is 11.7 Å². The SMILES string of the molecule is CN(C(=O)Cc1csc(-c2cccc(F)c2)n1)C1CCCCC1. The van der Waals surface area contributed by atoms with Crippen LogP contribution in [0.4, 0.5) is 4.39 Å². The first kappa shape index (κ1) is 16.1. The quantitative estimate of drug-likeness (QED) is 0.837. The van der Waals surface area contributed by atoms with Crippen molar-refractivity contribution >= 4 is 17.2 Å². The molecule has 122 valence electrons. The first-order valence-electron chi connectivity index (χ1n) is 8.09. The zero-order valence-corrected chi connectivity index (χ0v) is 14.1. The lowest BCUT2D eigenvalue weighted by Gasteiger charge is -2.31. The molecule has 0 saturated heterocycles. The zero-order valence-electron chi connectivity index (χ0n) is 13.3. The van der Waals surface area contributed by atoms with Crippen LogP contribution in [0.5, 0.6) is 0 Å². The van der Waals surface area contributed by atoms with Crippen molar-refractivity contribution in [2.75, 3.05) is 7.05 Å². The Balaban J connectivity index is 1.65. The number of benzene rings is 1. The summed E-state index contributed by atoms with van der Waals surface area (Å²) in [5, 5.41) is 2.65. The summed E-state index contributed by atoms with van der Waals surface area (Å²) in [6.45, 7) is 0. The number of carbonyl (C=O) groups excluding carboxylic acids is 1. The van der Waals surface area contributed by atoms with Crippen LogP contribution in [-0.2, 0) is 11.2 Å². The second-order valence-electron chi connectivity index (χ2n) is 6.13. The van der Waals surface area contributed by atoms with Crippen molar-refractivity contribution in [3.63, 3.8) is 0 Å². The predicted octanol–water partition coefficient (Wildman–Crippen LogP) is 4.28. The lowest BCUT2D eigenvalue weighted by atomic mass is 9.94. The summed E-state index contributed by atoms with van der Waals surface area (Å²) in [4.78, 5) is 18.8. The topological polar surface area (TPSA) is 33.2 Å². The molecular formula is C18H21FN2OS. The Morgan fingerprint density at radius 3 is 2.87 bits per heavy atom. The van der Waals surface area contributed by atoms with Crippen molar-refractivity contribution < 1.29 is 9.18 Å². The third-order valence-corrected chi connectivity index (χ3v) is 5.41. The van der Waals surface area contributed by atoms with Crippen molar-refractivity contribution in [3.8, 4) is 10.6 Å². The molecule has 3 rings (SSSR count). The van der Waals surface area contributed by atoms with Crippen LogP contribution in [-0.4, -0.2) is 28.9 Å². The van der Waals surface area contributed by atoms with Crippen molar-refractivity contribution in [3.05, 3.63) is 41.2 Å². The summed E-state index contributed by atoms with van der Waals surface area (Å²) >= 11 is 1.45. The molecule has 1 aromatic heterocycles. The van der Waals surface area contributed by atoms with E-state index in [1.165, 1.54) is 42.7 Å². The number of hydrogen-bond donors (Lipinski definition) is 0. The number of halogens is 1. The molecule has 23 heavy (non-hydrogen) atoms. The minimum absolute atomic E-state index is 0.119. The van der Waals surface area contributed by atoms with Gasteiger partial charge in [0, 0.05) is 24.0 Å². The Labute approximate surface area is 140 Å². The molecule has 0 radical (unpaired) electrons. The highest BCUT2D eigenvalue weighted by Crippen LogP contribution is 2.25. The number of hydrogen-bond acceptors (Lipinski definition) is 3. The average Bonchev–Trinajstić information content (AvgIpc) is 3.03. The van der Waals surface area contributed by atoms with Crippen molar-refractivity contribution in [2.45, 2.75) is 44.6 Å². The van der Waals surface area contributed by atoms with E-state index in [4.69, 9.17) is 0 Å². The maximum atomic E-state index is 13.3. The summed E-state index contributed by atoms with van der Waals surface area (Å²) in [7, 11) is 1.90. The van der Waals surface area contributed by atoms with E-state index in [1.807, 2.05) is 23.4 Å². The third kappa shape index (κ3) is 3.96. The third-order valence-electron chi connectivity index (χ3n) is 4.47. The standard InChI is InChI=1S/C18H21FN2OS/c1-21(16-8-3-2-4-9-16)17(22)11-15-12-23-18(20-15)13-6-5-7-14(19)10-13/h5-7,10,12,16H,2-4,8-9,11H2,1H3. The van der Waals surface area contributed by atoms with Crippen LogP contribution in [0.2, 0.25) is 0 Å². The second kappa shape index (κ2) is 7.21. The molecule has 1 aliphatic carbocycles. The van der Waals surface area contributed by atoms with Gasteiger partial charge in [-0.1, -0.05) is 31.4 Å². The maximum Gasteiger partial charge on any atom is 0.228 e. The Kier molecular flexibility index (Phi) is 5.06. The Morgan fingerprint density at radius 2 is 2.13 bits per heavy atom. The largest absolute Gasteiger partial charge is 0.342 e. The van der Waals surface area contributed by atoms with Crippen LogP contribution >= 0.6 is 11.3 Å². The molecule has 2 aromatic rings. The zero-order chi connectivity index (χ0) is 16.2. The number of thiazole rings is 1. The number of rotatable bonds is 4. The summed E-state index contributed by atoms with van der Waals surface area (Å²) in [6, 6.07) is 6.77. The summed E-state index contributed by atoms with van der Waals surface area (Å²) < 4.78 is 13.3. The molecule has 3 nitrogen and oxygen atoms in total. The van der Waals surface area contributed by atoms with E-state index in [0.717, 1.165) is 29.1 Å². The lowest BCUT2D eigenvalue weighted by molar-refractivity contribution is -0.131. The molecule has 0 spiro atoms. The highest BCUT2D eigenvalue weighted by molar-refractivity contribution is 7.13. The van der Waals surface area contributed by atoms with Crippen LogP contribution < -0.4 is 0 Å². The number of nitrogens with zero attached hydrogens (tertiary/aromatic N) is 2. The highest BCUT2D eigenvalue weighted by atomic mass is 32.1. The van der Waals surface area contributed by atoms with Gasteiger partial charge >= 0.3 is 0 Å². The lowest BCUT2D eigenvalue weighted by Crippen LogP contribution is -2.39. The van der Waals surface area contributed by atoms with Crippen molar-refractivity contribution in [1.82, 2.24) is 9.88 Å². The number of amides is 1. The second-order valence-corrected chi connectivity index (χ2v) is 6.99. The molecule has 5 heteroatoms. The first-order chi connectivity index (χ1) is 11.1. The number of likely N-dealkylation sites (N-methyl/N-ethyl adjacent to an activating group) is 1. The molecule has 0 unspecified atom stereocenters. The van der Waals surface area contributed by atoms with Gasteiger partial charge in [-0.25, -0.2) is 9.37 Å². The fraction of sp³-hybridized carbons (Fsp3) is 0.444. The van der Waals surface area contributed by atoms with Gasteiger partial charge in [0.2, 0.25) is 5.91 Å². The normalized spacial score (nSPS) is 15.6. The summed E-state index contributed by atoms with van der Waals surface area (Å²) in [5.41, 5.74) is 1.52. The van der Waals surface area contributed by atoms with Gasteiger partial charge in [0.25, 0.3) is 0 Å². The van der Waals surface area contributed by atoms with Gasteiger partial charge in [0.15, 0.2) is 0 Å². The van der Waals surface area contributed by atoms with Gasteiger partial charge in [0.05, 0.1) is 12.1 Å². The maximum absolute atomic E-state index is 13.3. The van der Waals surface area contributed by atoms with E-state index in [2.05, 4.69) is 4.98 Å². The fourth-order valence-corrected chi connectivity index (χ4v) is 3.91. The minimum atomic E-state index is -0.271. The van der Waals surface area contributed by atoms with Gasteiger partial charge in [0.1, 0.15) is 10.8 Å². The van der Waals surface area contributed by atoms with Crippen LogP contribution in [0, 0.1) is 5.82 Å². The minimum Gasteiger partial charge on any atom is -0.342 e. The van der Waals surface area contributed by atoms with E-state index in [9.17, 15) is 9.18 Å². The van der Waals surface area contributed by atoms with E-state index < -0.39 is 0 Å². The van der Waals surface area contributed by atoms with Crippen LogP contribution in [0.3, 0.4) is 0 Å². The average molecular weight is 332 g/mol. The summed E-state index contributed by atoms with van der Waals surface area (Å²) in [6.07, 6.45) is 6.23. The number of aromatic nitrogens is 1. The molecule has 1 saturated carbocycles. The molecule has 1 fully saturated rings. The van der Waals surface area contributed by atoms with Crippen LogP contribution in [0.15, 0.2) is 29.6 Å². The molecule has 1 aliphatic rings. The molecule has 1 heterocycles. The van der Waals surface area contributed by atoms with Gasteiger partial charge in [-0.3, -0.25) is 4.79 Å². The first-order valence-corrected chi connectivity index (χ1v) is 8.97. The molecular weight excluding hydrogens is 311 g/mol. The molecule has 0 bridgehead atoms. The monoisotopic (exact) mass is 332 g/mol. The van der Waals surface area contributed by atoms with E-state index in [1.54, 1.807) is 6.07 Å².